The van der Waals surface area contributed by atoms with Crippen LogP contribution in [0.4, 0.5) is 8.78 Å². The van der Waals surface area contributed by atoms with Crippen molar-refractivity contribution in [3.8, 4) is 0 Å². The van der Waals surface area contributed by atoms with Crippen LogP contribution in [-0.2, 0) is 13.6 Å². The molecule has 0 atom stereocenters. The Morgan fingerprint density at radius 3 is 2.78 bits per heavy atom. The maximum Gasteiger partial charge on any atom is 0.216 e. The average molecular weight is 315 g/mol. The van der Waals surface area contributed by atoms with E-state index in [1.807, 2.05) is 0 Å². The van der Waals surface area contributed by atoms with Crippen molar-refractivity contribution in [2.45, 2.75) is 6.54 Å². The van der Waals surface area contributed by atoms with Crippen molar-refractivity contribution in [3.05, 3.63) is 34.1 Å². The summed E-state index contributed by atoms with van der Waals surface area (Å²) in [5.74, 6) is -0.788. The summed E-state index contributed by atoms with van der Waals surface area (Å²) in [6.45, 7) is 0.305. The minimum Gasteiger partial charge on any atom is -0.325 e. The lowest BCUT2D eigenvalue weighted by molar-refractivity contribution is 0.590. The van der Waals surface area contributed by atoms with E-state index in [-0.39, 0.29) is 5.52 Å². The molecule has 0 radical (unpaired) electrons. The van der Waals surface area contributed by atoms with Crippen molar-refractivity contribution >= 4 is 32.7 Å². The molecule has 2 heterocycles. The van der Waals surface area contributed by atoms with Crippen LogP contribution in [0, 0.1) is 11.6 Å². The Kier molecular flexibility index (Phi) is 2.43. The van der Waals surface area contributed by atoms with E-state index in [0.29, 0.717) is 22.4 Å². The summed E-state index contributed by atoms with van der Waals surface area (Å²) < 4.78 is 31.0. The van der Waals surface area contributed by atoms with Crippen LogP contribution in [0.3, 0.4) is 0 Å². The van der Waals surface area contributed by atoms with E-state index in [2.05, 4.69) is 20.9 Å². The molecule has 0 saturated heterocycles. The highest BCUT2D eigenvalue weighted by Gasteiger charge is 2.19. The standard InChI is InChI=1S/C11H9BrF2N4/c1-17-8(4-15)10(12)18-7-3-5(13)2-6(14)9(7)16-11(17)18/h2-3H,4,15H2,1H3. The summed E-state index contributed by atoms with van der Waals surface area (Å²) in [6, 6.07) is 2.08. The third kappa shape index (κ3) is 1.34. The molecule has 0 amide bonds. The van der Waals surface area contributed by atoms with Gasteiger partial charge in [-0.2, -0.15) is 0 Å². The van der Waals surface area contributed by atoms with Crippen LogP contribution >= 0.6 is 15.9 Å². The van der Waals surface area contributed by atoms with E-state index in [1.165, 1.54) is 6.07 Å². The Morgan fingerprint density at radius 2 is 2.11 bits per heavy atom. The highest BCUT2D eigenvalue weighted by Crippen LogP contribution is 2.28. The van der Waals surface area contributed by atoms with Crippen LogP contribution in [0.1, 0.15) is 5.69 Å². The first-order chi connectivity index (χ1) is 8.54. The van der Waals surface area contributed by atoms with E-state index in [0.717, 1.165) is 11.8 Å². The van der Waals surface area contributed by atoms with Gasteiger partial charge in [0.15, 0.2) is 5.82 Å². The Bertz CT molecular complexity index is 775. The number of imidazole rings is 2. The van der Waals surface area contributed by atoms with Gasteiger partial charge in [0, 0.05) is 25.7 Å². The Labute approximate surface area is 109 Å². The summed E-state index contributed by atoms with van der Waals surface area (Å²) >= 11 is 3.39. The van der Waals surface area contributed by atoms with Gasteiger partial charge in [-0.1, -0.05) is 0 Å². The normalized spacial score (nSPS) is 11.8. The number of hydrogen-bond donors (Lipinski definition) is 1. The molecule has 3 rings (SSSR count). The first-order valence-corrected chi connectivity index (χ1v) is 6.04. The van der Waals surface area contributed by atoms with Crippen molar-refractivity contribution in [2.75, 3.05) is 0 Å². The third-order valence-electron chi connectivity index (χ3n) is 2.99. The first-order valence-electron chi connectivity index (χ1n) is 5.25. The predicted molar refractivity (Wildman–Crippen MR) is 67.2 cm³/mol. The van der Waals surface area contributed by atoms with E-state index in [9.17, 15) is 8.78 Å². The maximum absolute atomic E-state index is 13.6. The second-order valence-corrected chi connectivity index (χ2v) is 4.75. The number of aryl methyl sites for hydroxylation is 1. The first kappa shape index (κ1) is 11.6. The molecule has 0 saturated carbocycles. The second kappa shape index (κ2) is 3.76. The summed E-state index contributed by atoms with van der Waals surface area (Å²) in [5.41, 5.74) is 6.97. The van der Waals surface area contributed by atoms with Gasteiger partial charge in [0.05, 0.1) is 11.2 Å². The highest BCUT2D eigenvalue weighted by atomic mass is 79.9. The van der Waals surface area contributed by atoms with Gasteiger partial charge in [-0.3, -0.25) is 4.40 Å². The van der Waals surface area contributed by atoms with Crippen molar-refractivity contribution in [1.29, 1.82) is 0 Å². The fraction of sp³-hybridized carbons (Fsp3) is 0.182. The number of rotatable bonds is 1. The van der Waals surface area contributed by atoms with E-state index < -0.39 is 11.6 Å². The van der Waals surface area contributed by atoms with Crippen molar-refractivity contribution in [1.82, 2.24) is 14.0 Å². The van der Waals surface area contributed by atoms with Gasteiger partial charge >= 0.3 is 0 Å². The average Bonchev–Trinajstić information content (AvgIpc) is 2.78. The molecule has 0 aliphatic heterocycles. The minimum atomic E-state index is -0.671. The number of fused-ring (bicyclic) bond motifs is 3. The van der Waals surface area contributed by atoms with E-state index >= 15 is 0 Å². The van der Waals surface area contributed by atoms with Gasteiger partial charge < -0.3 is 10.3 Å². The molecule has 0 fully saturated rings. The van der Waals surface area contributed by atoms with Gasteiger partial charge in [-0.05, 0) is 15.9 Å². The lowest BCUT2D eigenvalue weighted by Gasteiger charge is -1.99. The molecule has 0 aliphatic rings. The second-order valence-electron chi connectivity index (χ2n) is 4.00. The van der Waals surface area contributed by atoms with Crippen LogP contribution in [-0.4, -0.2) is 14.0 Å². The van der Waals surface area contributed by atoms with Crippen LogP contribution in [0.2, 0.25) is 0 Å². The van der Waals surface area contributed by atoms with Gasteiger partial charge in [-0.25, -0.2) is 13.8 Å². The van der Waals surface area contributed by atoms with Crippen molar-refractivity contribution < 1.29 is 8.78 Å². The summed E-state index contributed by atoms with van der Waals surface area (Å²) in [7, 11) is 1.78. The molecule has 0 spiro atoms. The van der Waals surface area contributed by atoms with E-state index in [4.69, 9.17) is 5.73 Å². The molecular weight excluding hydrogens is 306 g/mol. The van der Waals surface area contributed by atoms with Crippen LogP contribution in [0.25, 0.3) is 16.8 Å². The number of hydrogen-bond acceptors (Lipinski definition) is 2. The van der Waals surface area contributed by atoms with Crippen LogP contribution in [0.15, 0.2) is 16.7 Å². The molecule has 0 unspecified atom stereocenters. The summed E-state index contributed by atoms with van der Waals surface area (Å²) in [5, 5.41) is 0. The quantitative estimate of drug-likeness (QED) is 0.749. The number of benzene rings is 1. The number of halogens is 3. The fourth-order valence-corrected chi connectivity index (χ4v) is 2.90. The van der Waals surface area contributed by atoms with Crippen molar-refractivity contribution in [3.63, 3.8) is 0 Å². The maximum atomic E-state index is 13.6. The Morgan fingerprint density at radius 1 is 1.39 bits per heavy atom. The topological polar surface area (TPSA) is 48.2 Å². The smallest absolute Gasteiger partial charge is 0.216 e. The van der Waals surface area contributed by atoms with Crippen LogP contribution in [0.5, 0.6) is 0 Å². The zero-order valence-electron chi connectivity index (χ0n) is 9.41. The van der Waals surface area contributed by atoms with Gasteiger partial charge in [0.2, 0.25) is 5.78 Å². The number of nitrogens with two attached hydrogens (primary N) is 1. The Hall–Kier alpha value is -1.47. The number of nitrogens with zero attached hydrogens (tertiary/aromatic N) is 3. The zero-order valence-corrected chi connectivity index (χ0v) is 11.0. The molecule has 0 bridgehead atoms. The van der Waals surface area contributed by atoms with Gasteiger partial charge in [0.25, 0.3) is 0 Å². The molecule has 3 aromatic rings. The zero-order chi connectivity index (χ0) is 13.0. The highest BCUT2D eigenvalue weighted by molar-refractivity contribution is 9.10. The lowest BCUT2D eigenvalue weighted by Crippen LogP contribution is -2.04. The molecule has 7 heteroatoms. The molecule has 94 valence electrons. The predicted octanol–water partition coefficient (Wildman–Crippen LogP) is 2.33. The largest absolute Gasteiger partial charge is 0.325 e. The summed E-state index contributed by atoms with van der Waals surface area (Å²) in [6.07, 6.45) is 0. The van der Waals surface area contributed by atoms with Gasteiger partial charge in [0.1, 0.15) is 15.9 Å². The molecule has 2 aromatic heterocycles. The lowest BCUT2D eigenvalue weighted by atomic mass is 10.3. The van der Waals surface area contributed by atoms with Gasteiger partial charge in [-0.15, -0.1) is 0 Å². The fourth-order valence-electron chi connectivity index (χ4n) is 2.12. The number of aromatic nitrogens is 3. The monoisotopic (exact) mass is 314 g/mol. The molecule has 4 nitrogen and oxygen atoms in total. The summed E-state index contributed by atoms with van der Waals surface area (Å²) in [4.78, 5) is 4.18. The SMILES string of the molecule is Cn1c(CN)c(Br)n2c3cc(F)cc(F)c3nc12. The molecule has 1 aromatic carbocycles. The van der Waals surface area contributed by atoms with E-state index in [1.54, 1.807) is 16.0 Å². The minimum absolute atomic E-state index is 0.145. The van der Waals surface area contributed by atoms with Crippen molar-refractivity contribution in [2.24, 2.45) is 12.8 Å². The Balaban J connectivity index is 2.57. The molecule has 2 N–H and O–H groups in total. The third-order valence-corrected chi connectivity index (χ3v) is 3.81. The van der Waals surface area contributed by atoms with Crippen LogP contribution < -0.4 is 5.73 Å². The molecular formula is C11H9BrF2N4. The molecule has 0 aliphatic carbocycles. The molecule has 18 heavy (non-hydrogen) atoms.